The van der Waals surface area contributed by atoms with E-state index in [1.165, 1.54) is 12.2 Å². The van der Waals surface area contributed by atoms with Gasteiger partial charge in [-0.2, -0.15) is 0 Å². The number of hydrogen-bond donors (Lipinski definition) is 1. The summed E-state index contributed by atoms with van der Waals surface area (Å²) in [6, 6.07) is 0. The summed E-state index contributed by atoms with van der Waals surface area (Å²) in [6.07, 6.45) is 0. The number of nitrogens with one attached hydrogen (secondary N) is 1. The van der Waals surface area contributed by atoms with E-state index in [2.05, 4.69) is 5.32 Å². The Morgan fingerprint density at radius 3 is 2.33 bits per heavy atom. The van der Waals surface area contributed by atoms with Crippen LogP contribution in [0, 0.1) is 5.25 Å². The fourth-order valence-corrected chi connectivity index (χ4v) is 0.846. The summed E-state index contributed by atoms with van der Waals surface area (Å²) in [5.74, 6) is 0.723. The van der Waals surface area contributed by atoms with Gasteiger partial charge in [-0.15, -0.1) is 11.8 Å². The molecule has 0 unspecified atom stereocenters. The molecule has 3 heteroatoms. The first-order valence-corrected chi connectivity index (χ1v) is 3.79. The third kappa shape index (κ3) is 7.82. The lowest BCUT2D eigenvalue weighted by molar-refractivity contribution is -0.118. The molecule has 9 heavy (non-hydrogen) atoms. The molecule has 2 nitrogen and oxygen atoms in total. The summed E-state index contributed by atoms with van der Waals surface area (Å²) in [7, 11) is 0. The van der Waals surface area contributed by atoms with Crippen LogP contribution >= 0.6 is 11.8 Å². The maximum Gasteiger partial charge on any atom is 0.217 e. The lowest BCUT2D eigenvalue weighted by Crippen LogP contribution is -2.18. The highest BCUT2D eigenvalue weighted by Gasteiger charge is 1.94. The maximum absolute atomic E-state index is 10.3. The predicted molar refractivity (Wildman–Crippen MR) is 40.9 cm³/mol. The molecule has 0 spiro atoms. The maximum atomic E-state index is 10.3. The van der Waals surface area contributed by atoms with E-state index in [1.54, 1.807) is 11.8 Å². The molecular weight excluding hydrogens is 134 g/mol. The van der Waals surface area contributed by atoms with Crippen LogP contribution < -0.4 is 5.32 Å². The zero-order valence-electron chi connectivity index (χ0n) is 6.02. The first-order chi connectivity index (χ1) is 4.13. The van der Waals surface area contributed by atoms with Gasteiger partial charge in [-0.1, -0.05) is 0 Å². The Morgan fingerprint density at radius 1 is 1.44 bits per heavy atom. The third-order valence-corrected chi connectivity index (χ3v) is 1.55. The largest absolute Gasteiger partial charge is 0.347 e. The van der Waals surface area contributed by atoms with Crippen molar-refractivity contribution in [3.05, 3.63) is 5.25 Å². The monoisotopic (exact) mass is 146 g/mol. The van der Waals surface area contributed by atoms with Crippen molar-refractivity contribution in [2.24, 2.45) is 0 Å². The molecule has 0 aromatic carbocycles. The smallest absolute Gasteiger partial charge is 0.217 e. The zero-order chi connectivity index (χ0) is 7.28. The molecular formula is C6H12NOS. The molecule has 0 aliphatic heterocycles. The number of rotatable bonds is 3. The van der Waals surface area contributed by atoms with Crippen molar-refractivity contribution in [2.45, 2.75) is 20.8 Å². The molecule has 0 atom stereocenters. The quantitative estimate of drug-likeness (QED) is 0.609. The molecule has 53 valence electrons. The van der Waals surface area contributed by atoms with E-state index in [9.17, 15) is 4.79 Å². The number of carbonyl (C=O) groups is 1. The molecule has 0 bridgehead atoms. The summed E-state index contributed by atoms with van der Waals surface area (Å²) in [6.45, 7) is 5.56. The molecule has 0 saturated heterocycles. The van der Waals surface area contributed by atoms with Crippen molar-refractivity contribution in [3.63, 3.8) is 0 Å². The number of hydrogen-bond acceptors (Lipinski definition) is 2. The van der Waals surface area contributed by atoms with Crippen molar-refractivity contribution in [1.82, 2.24) is 5.32 Å². The summed E-state index contributed by atoms with van der Waals surface area (Å²) in [5, 5.41) is 3.95. The van der Waals surface area contributed by atoms with E-state index in [0.717, 1.165) is 0 Å². The fourth-order valence-electron chi connectivity index (χ4n) is 0.282. The molecule has 0 aliphatic rings. The lowest BCUT2D eigenvalue weighted by atomic mass is 10.6. The molecule has 1 N–H and O–H groups in total. The Bertz CT molecular complexity index is 93.1. The normalized spacial score (nSPS) is 9.78. The van der Waals surface area contributed by atoms with Gasteiger partial charge in [0.15, 0.2) is 0 Å². The second-order valence-electron chi connectivity index (χ2n) is 1.93. The summed E-state index contributed by atoms with van der Waals surface area (Å²) in [4.78, 5) is 10.3. The van der Waals surface area contributed by atoms with Crippen LogP contribution in [0.4, 0.5) is 0 Å². The highest BCUT2D eigenvalue weighted by atomic mass is 32.2. The minimum Gasteiger partial charge on any atom is -0.347 e. The highest BCUT2D eigenvalue weighted by Crippen LogP contribution is 2.14. The van der Waals surface area contributed by atoms with Crippen molar-refractivity contribution in [2.75, 3.05) is 5.88 Å². The van der Waals surface area contributed by atoms with E-state index < -0.39 is 0 Å². The molecule has 1 amide bonds. The van der Waals surface area contributed by atoms with Crippen LogP contribution in [0.25, 0.3) is 0 Å². The SMILES string of the molecule is C[C](C)SCNC(C)=O. The van der Waals surface area contributed by atoms with Gasteiger partial charge in [0, 0.05) is 12.2 Å². The molecule has 1 radical (unpaired) electrons. The number of amides is 1. The van der Waals surface area contributed by atoms with Gasteiger partial charge >= 0.3 is 0 Å². The predicted octanol–water partition coefficient (Wildman–Crippen LogP) is 1.38. The molecule has 0 fully saturated rings. The molecule has 0 aromatic heterocycles. The van der Waals surface area contributed by atoms with Crippen molar-refractivity contribution >= 4 is 17.7 Å². The minimum absolute atomic E-state index is 0.0313. The first-order valence-electron chi connectivity index (χ1n) is 2.80. The van der Waals surface area contributed by atoms with Crippen LogP contribution in [-0.4, -0.2) is 11.8 Å². The van der Waals surface area contributed by atoms with Crippen molar-refractivity contribution in [3.8, 4) is 0 Å². The molecule has 0 heterocycles. The number of carbonyl (C=O) groups excluding carboxylic acids is 1. The van der Waals surface area contributed by atoms with E-state index in [0.29, 0.717) is 5.88 Å². The standard InChI is InChI=1S/C6H12NOS/c1-5(2)9-4-7-6(3)8/h4H2,1-3H3,(H,7,8). The molecule has 0 aromatic rings. The van der Waals surface area contributed by atoms with Gasteiger partial charge in [0.2, 0.25) is 5.91 Å². The van der Waals surface area contributed by atoms with Crippen LogP contribution in [-0.2, 0) is 4.79 Å². The van der Waals surface area contributed by atoms with Crippen LogP contribution in [0.1, 0.15) is 20.8 Å². The first kappa shape index (κ1) is 8.82. The van der Waals surface area contributed by atoms with E-state index in [4.69, 9.17) is 0 Å². The molecule has 0 aliphatic carbocycles. The lowest BCUT2D eigenvalue weighted by Gasteiger charge is -2.02. The van der Waals surface area contributed by atoms with Gasteiger partial charge in [-0.05, 0) is 13.8 Å². The van der Waals surface area contributed by atoms with Crippen molar-refractivity contribution < 1.29 is 4.79 Å². The van der Waals surface area contributed by atoms with Crippen LogP contribution in [0.15, 0.2) is 0 Å². The topological polar surface area (TPSA) is 29.1 Å². The fraction of sp³-hybridized carbons (Fsp3) is 0.667. The van der Waals surface area contributed by atoms with E-state index >= 15 is 0 Å². The molecule has 0 saturated carbocycles. The summed E-state index contributed by atoms with van der Waals surface area (Å²) >= 11 is 1.64. The number of thioether (sulfide) groups is 1. The minimum atomic E-state index is 0.0313. The van der Waals surface area contributed by atoms with Gasteiger partial charge in [0.05, 0.1) is 5.88 Å². The van der Waals surface area contributed by atoms with Gasteiger partial charge in [0.25, 0.3) is 0 Å². The van der Waals surface area contributed by atoms with Gasteiger partial charge in [0.1, 0.15) is 0 Å². The average Bonchev–Trinajstić information content (AvgIpc) is 1.63. The van der Waals surface area contributed by atoms with Crippen LogP contribution in [0.3, 0.4) is 0 Å². The van der Waals surface area contributed by atoms with E-state index in [1.807, 2.05) is 13.8 Å². The Morgan fingerprint density at radius 2 is 2.00 bits per heavy atom. The summed E-state index contributed by atoms with van der Waals surface area (Å²) in [5.41, 5.74) is 0. The van der Waals surface area contributed by atoms with E-state index in [-0.39, 0.29) is 5.91 Å². The van der Waals surface area contributed by atoms with Crippen LogP contribution in [0.5, 0.6) is 0 Å². The second-order valence-corrected chi connectivity index (χ2v) is 3.32. The Kier molecular flexibility index (Phi) is 4.58. The summed E-state index contributed by atoms with van der Waals surface area (Å²) < 4.78 is 0. The average molecular weight is 146 g/mol. The zero-order valence-corrected chi connectivity index (χ0v) is 6.84. The van der Waals surface area contributed by atoms with Crippen LogP contribution in [0.2, 0.25) is 0 Å². The second kappa shape index (κ2) is 4.68. The Hall–Kier alpha value is -0.180. The highest BCUT2D eigenvalue weighted by molar-refractivity contribution is 8.02. The Balaban J connectivity index is 3.01. The van der Waals surface area contributed by atoms with Crippen molar-refractivity contribution in [1.29, 1.82) is 0 Å². The van der Waals surface area contributed by atoms with Gasteiger partial charge in [-0.3, -0.25) is 4.79 Å². The Labute approximate surface area is 60.4 Å². The van der Waals surface area contributed by atoms with Gasteiger partial charge < -0.3 is 5.32 Å². The van der Waals surface area contributed by atoms with Gasteiger partial charge in [-0.25, -0.2) is 0 Å². The molecule has 0 rings (SSSR count). The third-order valence-electron chi connectivity index (χ3n) is 0.682.